The lowest BCUT2D eigenvalue weighted by Crippen LogP contribution is -2.39. The van der Waals surface area contributed by atoms with Gasteiger partial charge in [0.2, 0.25) is 0 Å². The van der Waals surface area contributed by atoms with Crippen molar-refractivity contribution in [2.75, 3.05) is 13.2 Å². The van der Waals surface area contributed by atoms with Crippen molar-refractivity contribution in [2.45, 2.75) is 32.2 Å². The number of amides is 1. The molecule has 0 heterocycles. The molecule has 140 valence electrons. The van der Waals surface area contributed by atoms with Crippen molar-refractivity contribution in [3.63, 3.8) is 0 Å². The minimum Gasteiger partial charge on any atom is -0.449 e. The first-order valence-electron chi connectivity index (χ1n) is 8.84. The third kappa shape index (κ3) is 4.19. The molecule has 1 atom stereocenters. The van der Waals surface area contributed by atoms with Gasteiger partial charge in [0.05, 0.1) is 0 Å². The van der Waals surface area contributed by atoms with Crippen LogP contribution in [-0.4, -0.2) is 30.5 Å². The number of aliphatic hydroxyl groups excluding tert-OH is 1. The van der Waals surface area contributed by atoms with Crippen LogP contribution in [0.2, 0.25) is 0 Å². The summed E-state index contributed by atoms with van der Waals surface area (Å²) < 4.78 is 5.53. The van der Waals surface area contributed by atoms with Crippen LogP contribution >= 0.6 is 12.4 Å². The van der Waals surface area contributed by atoms with Crippen LogP contribution in [-0.2, 0) is 4.74 Å². The number of hydrogen-bond acceptors (Lipinski definition) is 3. The average Bonchev–Trinajstić information content (AvgIpc) is 2.93. The van der Waals surface area contributed by atoms with E-state index >= 15 is 0 Å². The third-order valence-electron chi connectivity index (χ3n) is 4.89. The van der Waals surface area contributed by atoms with Crippen LogP contribution in [0, 0.1) is 5.92 Å². The van der Waals surface area contributed by atoms with Crippen LogP contribution < -0.4 is 5.32 Å². The van der Waals surface area contributed by atoms with Gasteiger partial charge < -0.3 is 15.2 Å². The summed E-state index contributed by atoms with van der Waals surface area (Å²) in [6.07, 6.45) is 0.107. The number of nitrogens with one attached hydrogen (secondary N) is 1. The van der Waals surface area contributed by atoms with Crippen molar-refractivity contribution in [1.82, 2.24) is 5.32 Å². The molecule has 2 aromatic carbocycles. The molecule has 1 aliphatic carbocycles. The van der Waals surface area contributed by atoms with E-state index in [4.69, 9.17) is 9.84 Å². The van der Waals surface area contributed by atoms with Crippen molar-refractivity contribution >= 4 is 18.5 Å². The molecule has 0 unspecified atom stereocenters. The quantitative estimate of drug-likeness (QED) is 0.788. The van der Waals surface area contributed by atoms with Crippen LogP contribution in [0.25, 0.3) is 11.1 Å². The highest BCUT2D eigenvalue weighted by Gasteiger charge is 2.29. The number of halogens is 1. The smallest absolute Gasteiger partial charge is 0.407 e. The van der Waals surface area contributed by atoms with E-state index in [0.29, 0.717) is 13.0 Å². The molecule has 0 saturated carbocycles. The SMILES string of the molecule is CC(C)[C@@H](CCO)NC(=O)OCC1c2ccccc2-c2ccccc21.Cl. The maximum atomic E-state index is 12.2. The largest absolute Gasteiger partial charge is 0.449 e. The number of alkyl carbamates (subject to hydrolysis) is 1. The van der Waals surface area contributed by atoms with Crippen LogP contribution in [0.4, 0.5) is 4.79 Å². The number of carbonyl (C=O) groups is 1. The standard InChI is InChI=1S/C21H25NO3.ClH/c1-14(2)20(11-12-23)22-21(24)25-13-19-17-9-5-3-7-15(17)16-8-4-6-10-18(16)19;/h3-10,14,19-20,23H,11-13H2,1-2H3,(H,22,24);1H/t20-;/m1./s1. The molecule has 5 heteroatoms. The minimum atomic E-state index is -0.422. The molecule has 0 bridgehead atoms. The molecule has 0 saturated heterocycles. The van der Waals surface area contributed by atoms with Gasteiger partial charge in [-0.3, -0.25) is 0 Å². The van der Waals surface area contributed by atoms with Gasteiger partial charge in [-0.1, -0.05) is 62.4 Å². The number of benzene rings is 2. The Morgan fingerprint density at radius 1 is 1.08 bits per heavy atom. The fourth-order valence-electron chi connectivity index (χ4n) is 3.50. The summed E-state index contributed by atoms with van der Waals surface area (Å²) in [4.78, 5) is 12.2. The van der Waals surface area contributed by atoms with E-state index in [1.165, 1.54) is 22.3 Å². The van der Waals surface area contributed by atoms with E-state index in [0.717, 1.165) is 0 Å². The Bertz CT molecular complexity index is 702. The van der Waals surface area contributed by atoms with Gasteiger partial charge in [0.15, 0.2) is 0 Å². The monoisotopic (exact) mass is 375 g/mol. The number of carbonyl (C=O) groups excluding carboxylic acids is 1. The van der Waals surface area contributed by atoms with Gasteiger partial charge >= 0.3 is 6.09 Å². The zero-order valence-corrected chi connectivity index (χ0v) is 16.0. The Balaban J connectivity index is 0.00000243. The molecule has 2 N–H and O–H groups in total. The summed E-state index contributed by atoms with van der Waals surface area (Å²) >= 11 is 0. The summed E-state index contributed by atoms with van der Waals surface area (Å²) in [5.41, 5.74) is 4.83. The molecule has 1 aliphatic rings. The number of fused-ring (bicyclic) bond motifs is 3. The molecule has 0 spiro atoms. The molecule has 1 amide bonds. The zero-order chi connectivity index (χ0) is 17.8. The Labute approximate surface area is 161 Å². The van der Waals surface area contributed by atoms with Gasteiger partial charge in [0, 0.05) is 18.6 Å². The summed E-state index contributed by atoms with van der Waals surface area (Å²) in [6.45, 7) is 4.39. The minimum absolute atomic E-state index is 0. The van der Waals surface area contributed by atoms with Crippen molar-refractivity contribution in [3.8, 4) is 11.1 Å². The van der Waals surface area contributed by atoms with E-state index in [9.17, 15) is 4.79 Å². The van der Waals surface area contributed by atoms with Crippen LogP contribution in [0.5, 0.6) is 0 Å². The van der Waals surface area contributed by atoms with Gasteiger partial charge in [-0.05, 0) is 34.6 Å². The second-order valence-corrected chi connectivity index (χ2v) is 6.83. The van der Waals surface area contributed by atoms with E-state index in [1.807, 2.05) is 38.1 Å². The van der Waals surface area contributed by atoms with Gasteiger partial charge in [-0.25, -0.2) is 4.79 Å². The number of hydrogen-bond donors (Lipinski definition) is 2. The highest BCUT2D eigenvalue weighted by molar-refractivity contribution is 5.85. The maximum absolute atomic E-state index is 12.2. The fourth-order valence-corrected chi connectivity index (χ4v) is 3.50. The van der Waals surface area contributed by atoms with E-state index < -0.39 is 6.09 Å². The predicted octanol–water partition coefficient (Wildman–Crippen LogP) is 4.35. The predicted molar refractivity (Wildman–Crippen MR) is 106 cm³/mol. The lowest BCUT2D eigenvalue weighted by Gasteiger charge is -2.22. The first-order chi connectivity index (χ1) is 12.1. The summed E-state index contributed by atoms with van der Waals surface area (Å²) in [6, 6.07) is 16.5. The van der Waals surface area contributed by atoms with Gasteiger partial charge in [-0.2, -0.15) is 0 Å². The van der Waals surface area contributed by atoms with E-state index in [1.54, 1.807) is 0 Å². The molecular weight excluding hydrogens is 350 g/mol. The molecule has 2 aromatic rings. The first kappa shape index (κ1) is 20.3. The molecular formula is C21H26ClNO3. The van der Waals surface area contributed by atoms with E-state index in [2.05, 4.69) is 29.6 Å². The van der Waals surface area contributed by atoms with Gasteiger partial charge in [0.1, 0.15) is 6.61 Å². The third-order valence-corrected chi connectivity index (χ3v) is 4.89. The second-order valence-electron chi connectivity index (χ2n) is 6.83. The molecule has 0 radical (unpaired) electrons. The van der Waals surface area contributed by atoms with Crippen LogP contribution in [0.1, 0.15) is 37.3 Å². The topological polar surface area (TPSA) is 58.6 Å². The number of aliphatic hydroxyl groups is 1. The fraction of sp³-hybridized carbons (Fsp3) is 0.381. The average molecular weight is 376 g/mol. The van der Waals surface area contributed by atoms with Crippen molar-refractivity contribution in [2.24, 2.45) is 5.92 Å². The molecule has 0 aliphatic heterocycles. The molecule has 3 rings (SSSR count). The Kier molecular flexibility index (Phi) is 7.06. The molecule has 0 fully saturated rings. The van der Waals surface area contributed by atoms with Crippen molar-refractivity contribution < 1.29 is 14.6 Å². The van der Waals surface area contributed by atoms with Crippen LogP contribution in [0.3, 0.4) is 0 Å². The summed E-state index contributed by atoms with van der Waals surface area (Å²) in [5.74, 6) is 0.307. The highest BCUT2D eigenvalue weighted by atomic mass is 35.5. The molecule has 4 nitrogen and oxygen atoms in total. The highest BCUT2D eigenvalue weighted by Crippen LogP contribution is 2.44. The van der Waals surface area contributed by atoms with Crippen molar-refractivity contribution in [1.29, 1.82) is 0 Å². The lowest BCUT2D eigenvalue weighted by molar-refractivity contribution is 0.132. The van der Waals surface area contributed by atoms with Crippen molar-refractivity contribution in [3.05, 3.63) is 59.7 Å². The van der Waals surface area contributed by atoms with Crippen LogP contribution in [0.15, 0.2) is 48.5 Å². The molecule has 26 heavy (non-hydrogen) atoms. The summed E-state index contributed by atoms with van der Waals surface area (Å²) in [7, 11) is 0. The normalized spacial score (nSPS) is 13.5. The number of ether oxygens (including phenoxy) is 1. The number of rotatable bonds is 6. The lowest BCUT2D eigenvalue weighted by atomic mass is 9.98. The Morgan fingerprint density at radius 3 is 2.12 bits per heavy atom. The summed E-state index contributed by atoms with van der Waals surface area (Å²) in [5, 5.41) is 12.0. The Morgan fingerprint density at radius 2 is 1.62 bits per heavy atom. The van der Waals surface area contributed by atoms with Gasteiger partial charge in [-0.15, -0.1) is 12.4 Å². The van der Waals surface area contributed by atoms with E-state index in [-0.39, 0.29) is 36.9 Å². The zero-order valence-electron chi connectivity index (χ0n) is 15.1. The Hall–Kier alpha value is -2.04. The maximum Gasteiger partial charge on any atom is 0.407 e. The first-order valence-corrected chi connectivity index (χ1v) is 8.84. The molecule has 0 aromatic heterocycles. The second kappa shape index (κ2) is 9.06. The van der Waals surface area contributed by atoms with Gasteiger partial charge in [0.25, 0.3) is 0 Å².